The first-order valence-electron chi connectivity index (χ1n) is 8.64. The average Bonchev–Trinajstić information content (AvgIpc) is 2.43. The number of hydrogen-bond acceptors (Lipinski definition) is 2. The van der Waals surface area contributed by atoms with Crippen molar-refractivity contribution in [1.29, 1.82) is 0 Å². The summed E-state index contributed by atoms with van der Waals surface area (Å²) in [5, 5.41) is 10.6. The number of benzene rings is 1. The van der Waals surface area contributed by atoms with Crippen molar-refractivity contribution in [2.45, 2.75) is 71.3 Å². The van der Waals surface area contributed by atoms with Gasteiger partial charge in [-0.3, -0.25) is 0 Å². The molecule has 2 heteroatoms. The number of phenolic OH excluding ortho intramolecular Hbond substituents is 1. The van der Waals surface area contributed by atoms with E-state index in [-0.39, 0.29) is 11.5 Å². The van der Waals surface area contributed by atoms with Crippen LogP contribution in [0, 0.1) is 5.92 Å². The van der Waals surface area contributed by atoms with Gasteiger partial charge in [0.2, 0.25) is 0 Å². The zero-order valence-corrected chi connectivity index (χ0v) is 14.3. The van der Waals surface area contributed by atoms with E-state index in [0.29, 0.717) is 11.7 Å². The van der Waals surface area contributed by atoms with Crippen molar-refractivity contribution in [3.05, 3.63) is 34.9 Å². The van der Waals surface area contributed by atoms with E-state index < -0.39 is 0 Å². The quantitative estimate of drug-likeness (QED) is 0.763. The van der Waals surface area contributed by atoms with Gasteiger partial charge in [-0.1, -0.05) is 25.0 Å². The summed E-state index contributed by atoms with van der Waals surface area (Å²) in [5.41, 5.74) is 3.44. The predicted molar refractivity (Wildman–Crippen MR) is 90.6 cm³/mol. The lowest BCUT2D eigenvalue weighted by Crippen LogP contribution is -2.45. The van der Waals surface area contributed by atoms with Gasteiger partial charge in [-0.05, 0) is 64.2 Å². The third kappa shape index (κ3) is 2.64. The summed E-state index contributed by atoms with van der Waals surface area (Å²) >= 11 is 0. The highest BCUT2D eigenvalue weighted by Crippen LogP contribution is 2.53. The van der Waals surface area contributed by atoms with Crippen molar-refractivity contribution < 1.29 is 9.84 Å². The average molecular weight is 300 g/mol. The fraction of sp³-hybridized carbons (Fsp3) is 0.600. The van der Waals surface area contributed by atoms with Gasteiger partial charge in [0, 0.05) is 17.4 Å². The Balaban J connectivity index is 2.06. The molecule has 120 valence electrons. The van der Waals surface area contributed by atoms with Gasteiger partial charge in [-0.2, -0.15) is 0 Å². The molecule has 0 aromatic heterocycles. The SMILES string of the molecule is CCCCc1cc(O)c2c(c1)OC(C)(C)C1CCC(C)=C[C@@H]21. The van der Waals surface area contributed by atoms with E-state index in [0.717, 1.165) is 43.4 Å². The molecule has 1 aromatic rings. The number of fused-ring (bicyclic) bond motifs is 3. The van der Waals surface area contributed by atoms with Gasteiger partial charge in [0.25, 0.3) is 0 Å². The normalized spacial score (nSPS) is 25.7. The molecular weight excluding hydrogens is 272 g/mol. The fourth-order valence-electron chi connectivity index (χ4n) is 4.10. The number of aryl methyl sites for hydroxylation is 1. The highest BCUT2D eigenvalue weighted by molar-refractivity contribution is 5.53. The zero-order valence-electron chi connectivity index (χ0n) is 14.3. The summed E-state index contributed by atoms with van der Waals surface area (Å²) in [4.78, 5) is 0. The molecule has 0 saturated carbocycles. The standard InChI is InChI=1S/C20H28O2/c1-5-6-7-14-11-17(21)19-15-10-13(2)8-9-16(15)20(3,4)22-18(19)12-14/h10-12,15-16,21H,5-9H2,1-4H3/t15-,16?/m1/s1. The Morgan fingerprint density at radius 3 is 2.82 bits per heavy atom. The first-order valence-corrected chi connectivity index (χ1v) is 8.64. The molecule has 1 unspecified atom stereocenters. The minimum atomic E-state index is -0.176. The van der Waals surface area contributed by atoms with Gasteiger partial charge in [0.1, 0.15) is 17.1 Å². The lowest BCUT2D eigenvalue weighted by molar-refractivity contribution is 0.0107. The third-order valence-corrected chi connectivity index (χ3v) is 5.35. The molecule has 0 fully saturated rings. The van der Waals surface area contributed by atoms with Gasteiger partial charge in [0.05, 0.1) is 0 Å². The van der Waals surface area contributed by atoms with Gasteiger partial charge >= 0.3 is 0 Å². The number of rotatable bonds is 3. The van der Waals surface area contributed by atoms with E-state index in [4.69, 9.17) is 4.74 Å². The van der Waals surface area contributed by atoms with E-state index in [1.54, 1.807) is 0 Å². The highest BCUT2D eigenvalue weighted by Gasteiger charge is 2.45. The van der Waals surface area contributed by atoms with E-state index in [2.05, 4.69) is 39.8 Å². The molecule has 0 spiro atoms. The van der Waals surface area contributed by atoms with Crippen LogP contribution in [0.25, 0.3) is 0 Å². The van der Waals surface area contributed by atoms with Crippen LogP contribution in [0.4, 0.5) is 0 Å². The van der Waals surface area contributed by atoms with Gasteiger partial charge in [-0.15, -0.1) is 0 Å². The molecule has 1 heterocycles. The van der Waals surface area contributed by atoms with Gasteiger partial charge in [0.15, 0.2) is 0 Å². The van der Waals surface area contributed by atoms with Gasteiger partial charge < -0.3 is 9.84 Å². The molecule has 0 amide bonds. The molecule has 1 aliphatic carbocycles. The first-order chi connectivity index (χ1) is 10.4. The van der Waals surface area contributed by atoms with Crippen molar-refractivity contribution in [1.82, 2.24) is 0 Å². The van der Waals surface area contributed by atoms with Crippen LogP contribution in [0.1, 0.15) is 70.4 Å². The third-order valence-electron chi connectivity index (χ3n) is 5.35. The summed E-state index contributed by atoms with van der Waals surface area (Å²) in [6.07, 6.45) is 7.94. The number of aromatic hydroxyl groups is 1. The molecule has 0 radical (unpaired) electrons. The molecule has 0 saturated heterocycles. The number of ether oxygens (including phenoxy) is 1. The molecule has 1 aromatic carbocycles. The van der Waals surface area contributed by atoms with Crippen LogP contribution in [0.5, 0.6) is 11.5 Å². The summed E-state index contributed by atoms with van der Waals surface area (Å²) in [6, 6.07) is 4.10. The second-order valence-corrected chi connectivity index (χ2v) is 7.52. The minimum Gasteiger partial charge on any atom is -0.507 e. The zero-order chi connectivity index (χ0) is 15.9. The maximum absolute atomic E-state index is 10.6. The second-order valence-electron chi connectivity index (χ2n) is 7.52. The number of unbranched alkanes of at least 4 members (excludes halogenated alkanes) is 1. The lowest BCUT2D eigenvalue weighted by atomic mass is 9.68. The Hall–Kier alpha value is -1.44. The summed E-state index contributed by atoms with van der Waals surface area (Å²) in [7, 11) is 0. The monoisotopic (exact) mass is 300 g/mol. The van der Waals surface area contributed by atoms with Crippen molar-refractivity contribution in [3.8, 4) is 11.5 Å². The fourth-order valence-corrected chi connectivity index (χ4v) is 4.10. The van der Waals surface area contributed by atoms with E-state index in [1.165, 1.54) is 11.1 Å². The van der Waals surface area contributed by atoms with Crippen molar-refractivity contribution in [2.75, 3.05) is 0 Å². The van der Waals surface area contributed by atoms with Crippen molar-refractivity contribution in [3.63, 3.8) is 0 Å². The number of phenols is 1. The first kappa shape index (κ1) is 15.5. The van der Waals surface area contributed by atoms with Crippen molar-refractivity contribution >= 4 is 0 Å². The molecule has 2 aliphatic rings. The Morgan fingerprint density at radius 1 is 1.32 bits per heavy atom. The summed E-state index contributed by atoms with van der Waals surface area (Å²) in [5.74, 6) is 2.03. The topological polar surface area (TPSA) is 29.5 Å². The van der Waals surface area contributed by atoms with Crippen LogP contribution >= 0.6 is 0 Å². The lowest BCUT2D eigenvalue weighted by Gasteiger charge is -2.46. The van der Waals surface area contributed by atoms with Crippen LogP contribution in [-0.2, 0) is 6.42 Å². The Kier molecular flexibility index (Phi) is 3.96. The molecule has 1 N–H and O–H groups in total. The Labute approximate surface area is 134 Å². The molecular formula is C20H28O2. The minimum absolute atomic E-state index is 0.176. The predicted octanol–water partition coefficient (Wildman–Crippen LogP) is 5.35. The molecule has 0 bridgehead atoms. The molecule has 1 aliphatic heterocycles. The maximum atomic E-state index is 10.6. The largest absolute Gasteiger partial charge is 0.507 e. The Bertz CT molecular complexity index is 598. The van der Waals surface area contributed by atoms with Crippen LogP contribution in [0.2, 0.25) is 0 Å². The van der Waals surface area contributed by atoms with Gasteiger partial charge in [-0.25, -0.2) is 0 Å². The maximum Gasteiger partial charge on any atom is 0.127 e. The molecule has 2 nitrogen and oxygen atoms in total. The summed E-state index contributed by atoms with van der Waals surface area (Å²) in [6.45, 7) is 8.78. The molecule has 2 atom stereocenters. The van der Waals surface area contributed by atoms with Crippen molar-refractivity contribution in [2.24, 2.45) is 5.92 Å². The number of hydrogen-bond donors (Lipinski definition) is 1. The number of allylic oxidation sites excluding steroid dienone is 2. The summed E-state index contributed by atoms with van der Waals surface area (Å²) < 4.78 is 6.34. The highest BCUT2D eigenvalue weighted by atomic mass is 16.5. The van der Waals surface area contributed by atoms with E-state index in [9.17, 15) is 5.11 Å². The van der Waals surface area contributed by atoms with Crippen LogP contribution in [-0.4, -0.2) is 10.7 Å². The smallest absolute Gasteiger partial charge is 0.127 e. The molecule has 3 rings (SSSR count). The van der Waals surface area contributed by atoms with E-state index >= 15 is 0 Å². The van der Waals surface area contributed by atoms with Crippen LogP contribution in [0.15, 0.2) is 23.8 Å². The molecule has 22 heavy (non-hydrogen) atoms. The second kappa shape index (κ2) is 5.64. The van der Waals surface area contributed by atoms with Crippen LogP contribution < -0.4 is 4.74 Å². The Morgan fingerprint density at radius 2 is 2.09 bits per heavy atom. The van der Waals surface area contributed by atoms with E-state index in [1.807, 2.05) is 6.07 Å². The van der Waals surface area contributed by atoms with Crippen LogP contribution in [0.3, 0.4) is 0 Å².